The number of rotatable bonds is 4. The van der Waals surface area contributed by atoms with Crippen molar-refractivity contribution in [3.63, 3.8) is 0 Å². The number of anilines is 1. The summed E-state index contributed by atoms with van der Waals surface area (Å²) in [4.78, 5) is 12.5. The van der Waals surface area contributed by atoms with E-state index in [-0.39, 0.29) is 11.3 Å². The second-order valence-electron chi connectivity index (χ2n) is 5.56. The molecule has 4 nitrogen and oxygen atoms in total. The van der Waals surface area contributed by atoms with Crippen LogP contribution in [0.4, 0.5) is 5.69 Å². The lowest BCUT2D eigenvalue weighted by Gasteiger charge is -2.26. The fourth-order valence-electron chi connectivity index (χ4n) is 2.91. The molecule has 1 aromatic carbocycles. The second-order valence-corrected chi connectivity index (χ2v) is 5.56. The van der Waals surface area contributed by atoms with Gasteiger partial charge in [0.05, 0.1) is 5.71 Å². The van der Waals surface area contributed by atoms with Crippen LogP contribution < -0.4 is 5.32 Å². The zero-order chi connectivity index (χ0) is 14.6. The number of hydrogen-bond acceptors (Lipinski definition) is 3. The van der Waals surface area contributed by atoms with E-state index in [2.05, 4.69) is 17.4 Å². The van der Waals surface area contributed by atoms with Gasteiger partial charge in [-0.25, -0.2) is 0 Å². The number of carbonyl (C=O) groups excluding carboxylic acids is 1. The lowest BCUT2D eigenvalue weighted by Crippen LogP contribution is -2.33. The van der Waals surface area contributed by atoms with Gasteiger partial charge in [0.15, 0.2) is 0 Å². The Morgan fingerprint density at radius 3 is 2.40 bits per heavy atom. The van der Waals surface area contributed by atoms with Gasteiger partial charge in [-0.3, -0.25) is 4.79 Å². The molecule has 0 radical (unpaired) electrons. The van der Waals surface area contributed by atoms with E-state index in [4.69, 9.17) is 5.21 Å². The summed E-state index contributed by atoms with van der Waals surface area (Å²) in [6, 6.07) is 7.39. The van der Waals surface area contributed by atoms with Crippen LogP contribution in [0.15, 0.2) is 29.4 Å². The Morgan fingerprint density at radius 1 is 1.30 bits per heavy atom. The van der Waals surface area contributed by atoms with Gasteiger partial charge in [0.1, 0.15) is 0 Å². The van der Waals surface area contributed by atoms with Gasteiger partial charge in [0.25, 0.3) is 0 Å². The molecule has 1 aliphatic carbocycles. The van der Waals surface area contributed by atoms with Gasteiger partial charge >= 0.3 is 0 Å². The van der Waals surface area contributed by atoms with Crippen LogP contribution in [-0.2, 0) is 4.79 Å². The SMILES string of the molecule is CCC1(C(=O)Nc2ccc(/C(C)=N/O)cc2)CCCC1. The summed E-state index contributed by atoms with van der Waals surface area (Å²) >= 11 is 0. The third-order valence-corrected chi connectivity index (χ3v) is 4.43. The Labute approximate surface area is 119 Å². The van der Waals surface area contributed by atoms with Crippen molar-refractivity contribution in [1.82, 2.24) is 0 Å². The molecule has 0 bridgehead atoms. The highest BCUT2D eigenvalue weighted by molar-refractivity contribution is 5.99. The summed E-state index contributed by atoms with van der Waals surface area (Å²) in [5.41, 5.74) is 2.02. The van der Waals surface area contributed by atoms with E-state index >= 15 is 0 Å². The Morgan fingerprint density at radius 2 is 1.90 bits per heavy atom. The predicted octanol–water partition coefficient (Wildman–Crippen LogP) is 3.79. The smallest absolute Gasteiger partial charge is 0.230 e. The highest BCUT2D eigenvalue weighted by Gasteiger charge is 2.39. The maximum absolute atomic E-state index is 12.5. The lowest BCUT2D eigenvalue weighted by molar-refractivity contribution is -0.125. The van der Waals surface area contributed by atoms with Crippen molar-refractivity contribution in [1.29, 1.82) is 0 Å². The maximum Gasteiger partial charge on any atom is 0.230 e. The molecule has 20 heavy (non-hydrogen) atoms. The quantitative estimate of drug-likeness (QED) is 0.498. The molecule has 0 unspecified atom stereocenters. The Hall–Kier alpha value is -1.84. The first kappa shape index (κ1) is 14.6. The molecule has 0 heterocycles. The summed E-state index contributed by atoms with van der Waals surface area (Å²) in [6.45, 7) is 3.83. The first-order valence-corrected chi connectivity index (χ1v) is 7.22. The van der Waals surface area contributed by atoms with Crippen LogP contribution in [0.1, 0.15) is 51.5 Å². The van der Waals surface area contributed by atoms with Crippen LogP contribution in [0.25, 0.3) is 0 Å². The van der Waals surface area contributed by atoms with Crippen LogP contribution in [0.5, 0.6) is 0 Å². The molecule has 0 aliphatic heterocycles. The van der Waals surface area contributed by atoms with Crippen molar-refractivity contribution in [2.75, 3.05) is 5.32 Å². The number of oxime groups is 1. The van der Waals surface area contributed by atoms with Crippen molar-refractivity contribution in [3.8, 4) is 0 Å². The van der Waals surface area contributed by atoms with Crippen LogP contribution >= 0.6 is 0 Å². The molecule has 2 rings (SSSR count). The minimum absolute atomic E-state index is 0.137. The van der Waals surface area contributed by atoms with Gasteiger partial charge in [0, 0.05) is 11.1 Å². The van der Waals surface area contributed by atoms with E-state index in [1.807, 2.05) is 24.3 Å². The molecule has 1 amide bonds. The maximum atomic E-state index is 12.5. The van der Waals surface area contributed by atoms with E-state index in [9.17, 15) is 4.79 Å². The second kappa shape index (κ2) is 6.07. The zero-order valence-corrected chi connectivity index (χ0v) is 12.1. The average Bonchev–Trinajstić information content (AvgIpc) is 2.97. The molecular weight excluding hydrogens is 252 g/mol. The normalized spacial score (nSPS) is 18.0. The van der Waals surface area contributed by atoms with E-state index in [0.717, 1.165) is 43.4 Å². The van der Waals surface area contributed by atoms with Crippen molar-refractivity contribution < 1.29 is 10.0 Å². The van der Waals surface area contributed by atoms with E-state index in [0.29, 0.717) is 5.71 Å². The van der Waals surface area contributed by atoms with Gasteiger partial charge in [-0.05, 0) is 43.9 Å². The van der Waals surface area contributed by atoms with Gasteiger partial charge < -0.3 is 10.5 Å². The monoisotopic (exact) mass is 274 g/mol. The number of nitrogens with zero attached hydrogens (tertiary/aromatic N) is 1. The largest absolute Gasteiger partial charge is 0.411 e. The number of benzene rings is 1. The fraction of sp³-hybridized carbons (Fsp3) is 0.500. The van der Waals surface area contributed by atoms with Crippen molar-refractivity contribution >= 4 is 17.3 Å². The third-order valence-electron chi connectivity index (χ3n) is 4.43. The fourth-order valence-corrected chi connectivity index (χ4v) is 2.91. The van der Waals surface area contributed by atoms with E-state index in [1.165, 1.54) is 0 Å². The number of nitrogens with one attached hydrogen (secondary N) is 1. The van der Waals surface area contributed by atoms with Crippen molar-refractivity contribution in [2.24, 2.45) is 10.6 Å². The van der Waals surface area contributed by atoms with Crippen molar-refractivity contribution in [2.45, 2.75) is 46.0 Å². The summed E-state index contributed by atoms with van der Waals surface area (Å²) in [5.74, 6) is 0.137. The molecule has 108 valence electrons. The Bertz CT molecular complexity index is 500. The molecule has 1 aliphatic rings. The van der Waals surface area contributed by atoms with Gasteiger partial charge in [-0.1, -0.05) is 37.1 Å². The standard InChI is InChI=1S/C16H22N2O2/c1-3-16(10-4-5-11-16)15(19)17-14-8-6-13(7-9-14)12(2)18-20/h6-9,20H,3-5,10-11H2,1-2H3,(H,17,19)/b18-12+. The van der Waals surface area contributed by atoms with E-state index in [1.54, 1.807) is 6.92 Å². The molecule has 1 aromatic rings. The molecule has 4 heteroatoms. The first-order valence-electron chi connectivity index (χ1n) is 7.22. The van der Waals surface area contributed by atoms with Gasteiger partial charge in [-0.2, -0.15) is 0 Å². The summed E-state index contributed by atoms with van der Waals surface area (Å²) in [6.07, 6.45) is 5.17. The minimum Gasteiger partial charge on any atom is -0.411 e. The van der Waals surface area contributed by atoms with Crippen molar-refractivity contribution in [3.05, 3.63) is 29.8 Å². The van der Waals surface area contributed by atoms with Crippen LogP contribution in [0, 0.1) is 5.41 Å². The molecule has 1 fully saturated rings. The van der Waals surface area contributed by atoms with E-state index < -0.39 is 0 Å². The molecule has 0 saturated heterocycles. The first-order chi connectivity index (χ1) is 9.61. The van der Waals surface area contributed by atoms with Crippen LogP contribution in [0.2, 0.25) is 0 Å². The Balaban J connectivity index is 2.08. The molecule has 1 saturated carbocycles. The van der Waals surface area contributed by atoms with Crippen LogP contribution in [0.3, 0.4) is 0 Å². The number of hydrogen-bond donors (Lipinski definition) is 2. The topological polar surface area (TPSA) is 61.7 Å². The summed E-state index contributed by atoms with van der Waals surface area (Å²) < 4.78 is 0. The number of carbonyl (C=O) groups is 1. The molecule has 0 atom stereocenters. The average molecular weight is 274 g/mol. The molecular formula is C16H22N2O2. The molecule has 0 spiro atoms. The predicted molar refractivity (Wildman–Crippen MR) is 80.3 cm³/mol. The Kier molecular flexibility index (Phi) is 4.42. The zero-order valence-electron chi connectivity index (χ0n) is 12.1. The molecule has 0 aromatic heterocycles. The minimum atomic E-state index is -0.179. The summed E-state index contributed by atoms with van der Waals surface area (Å²) in [7, 11) is 0. The highest BCUT2D eigenvalue weighted by Crippen LogP contribution is 2.41. The van der Waals surface area contributed by atoms with Gasteiger partial charge in [-0.15, -0.1) is 0 Å². The number of amides is 1. The highest BCUT2D eigenvalue weighted by atomic mass is 16.4. The van der Waals surface area contributed by atoms with Gasteiger partial charge in [0.2, 0.25) is 5.91 Å². The third kappa shape index (κ3) is 2.84. The lowest BCUT2D eigenvalue weighted by atomic mass is 9.82. The summed E-state index contributed by atoms with van der Waals surface area (Å²) in [5, 5.41) is 14.9. The molecule has 2 N–H and O–H groups in total. The van der Waals surface area contributed by atoms with Crippen LogP contribution in [-0.4, -0.2) is 16.8 Å².